The third-order valence-electron chi connectivity index (χ3n) is 5.43. The maximum absolute atomic E-state index is 6.80. The standard InChI is InChI=1S/C16H35N/c1-7-13-14(8-2)15(9-3,10-4)16(17,11-5)12-6/h14H,7-13,17H2,1-6H3. The molecule has 2 N–H and O–H groups in total. The molecule has 0 fully saturated rings. The summed E-state index contributed by atoms with van der Waals surface area (Å²) in [6.45, 7) is 13.9. The first-order valence-electron chi connectivity index (χ1n) is 7.80. The zero-order chi connectivity index (χ0) is 13.5. The average molecular weight is 241 g/mol. The molecule has 1 heteroatoms. The van der Waals surface area contributed by atoms with Crippen LogP contribution >= 0.6 is 0 Å². The fraction of sp³-hybridized carbons (Fsp3) is 1.00. The maximum atomic E-state index is 6.80. The quantitative estimate of drug-likeness (QED) is 0.594. The fourth-order valence-corrected chi connectivity index (χ4v) is 4.11. The van der Waals surface area contributed by atoms with E-state index in [0.29, 0.717) is 5.41 Å². The summed E-state index contributed by atoms with van der Waals surface area (Å²) in [6, 6.07) is 0. The average Bonchev–Trinajstić information content (AvgIpc) is 2.38. The summed E-state index contributed by atoms with van der Waals surface area (Å²) in [6.07, 6.45) is 8.53. The first-order valence-corrected chi connectivity index (χ1v) is 7.80. The number of hydrogen-bond donors (Lipinski definition) is 1. The lowest BCUT2D eigenvalue weighted by Gasteiger charge is -2.52. The van der Waals surface area contributed by atoms with Crippen LogP contribution in [0.5, 0.6) is 0 Å². The van der Waals surface area contributed by atoms with Gasteiger partial charge in [-0.2, -0.15) is 0 Å². The van der Waals surface area contributed by atoms with Gasteiger partial charge in [-0.15, -0.1) is 0 Å². The molecule has 0 aromatic carbocycles. The van der Waals surface area contributed by atoms with E-state index in [1.165, 1.54) is 32.1 Å². The Hall–Kier alpha value is -0.0400. The van der Waals surface area contributed by atoms with E-state index in [-0.39, 0.29) is 5.54 Å². The number of nitrogens with two attached hydrogens (primary N) is 1. The van der Waals surface area contributed by atoms with Gasteiger partial charge in [0.1, 0.15) is 0 Å². The van der Waals surface area contributed by atoms with Gasteiger partial charge in [0.25, 0.3) is 0 Å². The normalized spacial score (nSPS) is 15.0. The van der Waals surface area contributed by atoms with Crippen molar-refractivity contribution < 1.29 is 0 Å². The summed E-state index contributed by atoms with van der Waals surface area (Å²) in [7, 11) is 0. The summed E-state index contributed by atoms with van der Waals surface area (Å²) < 4.78 is 0. The van der Waals surface area contributed by atoms with Crippen LogP contribution in [0, 0.1) is 11.3 Å². The van der Waals surface area contributed by atoms with E-state index in [4.69, 9.17) is 5.73 Å². The summed E-state index contributed by atoms with van der Waals surface area (Å²) in [5.41, 5.74) is 7.16. The van der Waals surface area contributed by atoms with Gasteiger partial charge in [0.15, 0.2) is 0 Å². The Balaban J connectivity index is 5.38. The molecule has 0 radical (unpaired) electrons. The lowest BCUT2D eigenvalue weighted by molar-refractivity contribution is 0.0174. The molecule has 0 aliphatic carbocycles. The minimum Gasteiger partial charge on any atom is -0.325 e. The van der Waals surface area contributed by atoms with Crippen molar-refractivity contribution in [1.82, 2.24) is 0 Å². The predicted octanol–water partition coefficient (Wildman–Crippen LogP) is 5.14. The minimum atomic E-state index is 0.0202. The highest BCUT2D eigenvalue weighted by molar-refractivity contribution is 5.02. The Kier molecular flexibility index (Phi) is 7.39. The van der Waals surface area contributed by atoms with Crippen LogP contribution in [-0.2, 0) is 0 Å². The van der Waals surface area contributed by atoms with E-state index in [2.05, 4.69) is 41.5 Å². The van der Waals surface area contributed by atoms with Crippen molar-refractivity contribution in [3.05, 3.63) is 0 Å². The van der Waals surface area contributed by atoms with Crippen LogP contribution in [-0.4, -0.2) is 5.54 Å². The summed E-state index contributed by atoms with van der Waals surface area (Å²) in [5.74, 6) is 0.785. The first kappa shape index (κ1) is 17.0. The van der Waals surface area contributed by atoms with E-state index >= 15 is 0 Å². The fourth-order valence-electron chi connectivity index (χ4n) is 4.11. The molecule has 0 spiro atoms. The summed E-state index contributed by atoms with van der Waals surface area (Å²) in [5, 5.41) is 0. The molecule has 0 heterocycles. The molecule has 1 unspecified atom stereocenters. The van der Waals surface area contributed by atoms with Crippen LogP contribution in [0.4, 0.5) is 0 Å². The van der Waals surface area contributed by atoms with Crippen molar-refractivity contribution in [3.8, 4) is 0 Å². The van der Waals surface area contributed by atoms with Crippen LogP contribution in [0.2, 0.25) is 0 Å². The molecular formula is C16H35N. The van der Waals surface area contributed by atoms with Gasteiger partial charge in [0.05, 0.1) is 0 Å². The van der Waals surface area contributed by atoms with Gasteiger partial charge >= 0.3 is 0 Å². The van der Waals surface area contributed by atoms with Crippen LogP contribution in [0.15, 0.2) is 0 Å². The summed E-state index contributed by atoms with van der Waals surface area (Å²) >= 11 is 0. The van der Waals surface area contributed by atoms with Crippen LogP contribution < -0.4 is 5.73 Å². The van der Waals surface area contributed by atoms with Crippen molar-refractivity contribution in [3.63, 3.8) is 0 Å². The Labute approximate surface area is 110 Å². The van der Waals surface area contributed by atoms with Crippen molar-refractivity contribution in [2.45, 2.75) is 92.0 Å². The third-order valence-corrected chi connectivity index (χ3v) is 5.43. The Morgan fingerprint density at radius 3 is 1.53 bits per heavy atom. The van der Waals surface area contributed by atoms with Crippen molar-refractivity contribution >= 4 is 0 Å². The van der Waals surface area contributed by atoms with Crippen molar-refractivity contribution in [2.75, 3.05) is 0 Å². The monoisotopic (exact) mass is 241 g/mol. The molecule has 0 aromatic heterocycles. The lowest BCUT2D eigenvalue weighted by Crippen LogP contribution is -2.57. The molecule has 0 saturated heterocycles. The van der Waals surface area contributed by atoms with E-state index in [1.807, 2.05) is 0 Å². The summed E-state index contributed by atoms with van der Waals surface area (Å²) in [4.78, 5) is 0. The molecule has 0 saturated carbocycles. The molecule has 0 aliphatic rings. The van der Waals surface area contributed by atoms with Gasteiger partial charge in [0, 0.05) is 5.54 Å². The van der Waals surface area contributed by atoms with Crippen molar-refractivity contribution in [2.24, 2.45) is 17.1 Å². The zero-order valence-corrected chi connectivity index (χ0v) is 13.1. The van der Waals surface area contributed by atoms with E-state index in [1.54, 1.807) is 0 Å². The minimum absolute atomic E-state index is 0.0202. The second-order valence-electron chi connectivity index (χ2n) is 5.62. The molecule has 0 rings (SSSR count). The highest BCUT2D eigenvalue weighted by Crippen LogP contribution is 2.49. The molecule has 1 atom stereocenters. The maximum Gasteiger partial charge on any atom is 0.0208 e. The van der Waals surface area contributed by atoms with Gasteiger partial charge in [-0.1, -0.05) is 60.8 Å². The van der Waals surface area contributed by atoms with E-state index < -0.39 is 0 Å². The molecular weight excluding hydrogens is 206 g/mol. The van der Waals surface area contributed by atoms with Gasteiger partial charge in [-0.3, -0.25) is 0 Å². The predicted molar refractivity (Wildman–Crippen MR) is 79.2 cm³/mol. The molecule has 1 nitrogen and oxygen atoms in total. The highest BCUT2D eigenvalue weighted by Gasteiger charge is 2.47. The van der Waals surface area contributed by atoms with E-state index in [0.717, 1.165) is 18.8 Å². The second kappa shape index (κ2) is 7.41. The van der Waals surface area contributed by atoms with Crippen molar-refractivity contribution in [1.29, 1.82) is 0 Å². The Morgan fingerprint density at radius 1 is 0.824 bits per heavy atom. The van der Waals surface area contributed by atoms with Gasteiger partial charge in [-0.05, 0) is 37.0 Å². The SMILES string of the molecule is CCCC(CC)C(CC)(CC)C(N)(CC)CC. The van der Waals surface area contributed by atoms with E-state index in [9.17, 15) is 0 Å². The molecule has 0 bridgehead atoms. The lowest BCUT2D eigenvalue weighted by atomic mass is 9.56. The van der Waals surface area contributed by atoms with Gasteiger partial charge in [0.2, 0.25) is 0 Å². The highest BCUT2D eigenvalue weighted by atomic mass is 14.8. The Bertz CT molecular complexity index is 190. The smallest absolute Gasteiger partial charge is 0.0208 e. The second-order valence-corrected chi connectivity index (χ2v) is 5.62. The van der Waals surface area contributed by atoms with Gasteiger partial charge < -0.3 is 5.73 Å². The van der Waals surface area contributed by atoms with Crippen LogP contribution in [0.25, 0.3) is 0 Å². The first-order chi connectivity index (χ1) is 8.01. The Morgan fingerprint density at radius 2 is 1.29 bits per heavy atom. The molecule has 0 amide bonds. The third kappa shape index (κ3) is 3.05. The number of hydrogen-bond acceptors (Lipinski definition) is 1. The molecule has 0 aromatic rings. The topological polar surface area (TPSA) is 26.0 Å². The largest absolute Gasteiger partial charge is 0.325 e. The zero-order valence-electron chi connectivity index (χ0n) is 13.1. The molecule has 0 aliphatic heterocycles. The number of rotatable bonds is 9. The van der Waals surface area contributed by atoms with Crippen LogP contribution in [0.1, 0.15) is 86.5 Å². The molecule has 104 valence electrons. The van der Waals surface area contributed by atoms with Crippen LogP contribution in [0.3, 0.4) is 0 Å². The molecule has 17 heavy (non-hydrogen) atoms. The van der Waals surface area contributed by atoms with Gasteiger partial charge in [-0.25, -0.2) is 0 Å².